The molecule has 0 spiro atoms. The number of imide groups is 1. The van der Waals surface area contributed by atoms with Crippen molar-refractivity contribution in [3.05, 3.63) is 95.1 Å². The number of rotatable bonds is 7. The van der Waals surface area contributed by atoms with E-state index in [1.165, 1.54) is 19.2 Å². The lowest BCUT2D eigenvalue weighted by molar-refractivity contribution is -0.119. The smallest absolute Gasteiger partial charge is 0.287 e. The number of ether oxygens (including phenoxy) is 1. The van der Waals surface area contributed by atoms with E-state index in [0.29, 0.717) is 34.2 Å². The van der Waals surface area contributed by atoms with Gasteiger partial charge in [-0.05, 0) is 66.7 Å². The molecule has 1 atom stereocenters. The number of hydrogen-bond donors (Lipinski definition) is 1. The molecule has 4 rings (SSSR count). The third-order valence-electron chi connectivity index (χ3n) is 5.56. The fourth-order valence-corrected chi connectivity index (χ4v) is 7.01. The lowest BCUT2D eigenvalue weighted by Gasteiger charge is -2.24. The molecule has 1 N–H and O–H groups in total. The minimum atomic E-state index is -4.26. The quantitative estimate of drug-likeness (QED) is 0.495. The van der Waals surface area contributed by atoms with Crippen LogP contribution < -0.4 is 10.1 Å². The zero-order valence-electron chi connectivity index (χ0n) is 18.4. The van der Waals surface area contributed by atoms with Gasteiger partial charge in [0, 0.05) is 17.5 Å². The molecule has 0 aromatic heterocycles. The predicted octanol–water partition coefficient (Wildman–Crippen LogP) is 3.93. The fraction of sp³-hybridized carbons (Fsp3) is 0.160. The standard InChI is InChI=1S/C25H21NO6S2/c1-16-6-12-21(13-7-16)34(30,31)25(23(28)26-24(29)33-25)15-17-4-3-5-19(14-17)22(27)18-8-10-20(32-2)11-9-18/h3-14H,15H2,1-2H3,(H,26,28,29). The van der Waals surface area contributed by atoms with Gasteiger partial charge < -0.3 is 4.74 Å². The number of nitrogens with one attached hydrogen (secondary N) is 1. The third kappa shape index (κ3) is 4.24. The first-order valence-electron chi connectivity index (χ1n) is 10.3. The second-order valence-corrected chi connectivity index (χ2v) is 11.6. The zero-order chi connectivity index (χ0) is 24.5. The fourth-order valence-electron chi connectivity index (χ4n) is 3.71. The molecule has 1 aliphatic rings. The molecule has 1 unspecified atom stereocenters. The predicted molar refractivity (Wildman–Crippen MR) is 129 cm³/mol. The van der Waals surface area contributed by atoms with Crippen molar-refractivity contribution in [3.8, 4) is 5.75 Å². The number of sulfone groups is 1. The molecular formula is C25H21NO6S2. The van der Waals surface area contributed by atoms with Crippen molar-refractivity contribution in [1.82, 2.24) is 5.32 Å². The zero-order valence-corrected chi connectivity index (χ0v) is 20.0. The van der Waals surface area contributed by atoms with E-state index in [2.05, 4.69) is 5.32 Å². The maximum atomic E-state index is 13.6. The van der Waals surface area contributed by atoms with Gasteiger partial charge in [0.25, 0.3) is 11.1 Å². The van der Waals surface area contributed by atoms with E-state index in [0.717, 1.165) is 5.56 Å². The van der Waals surface area contributed by atoms with Crippen LogP contribution in [0.1, 0.15) is 27.0 Å². The highest BCUT2D eigenvalue weighted by atomic mass is 32.3. The molecule has 0 aliphatic carbocycles. The van der Waals surface area contributed by atoms with Gasteiger partial charge in [0.05, 0.1) is 12.0 Å². The summed E-state index contributed by atoms with van der Waals surface area (Å²) in [6.45, 7) is 1.82. The second kappa shape index (κ2) is 9.08. The van der Waals surface area contributed by atoms with E-state index < -0.39 is 25.1 Å². The van der Waals surface area contributed by atoms with E-state index >= 15 is 0 Å². The van der Waals surface area contributed by atoms with Gasteiger partial charge in [-0.3, -0.25) is 19.7 Å². The Morgan fingerprint density at radius 1 is 0.971 bits per heavy atom. The first kappa shape index (κ1) is 23.7. The summed E-state index contributed by atoms with van der Waals surface area (Å²) in [5, 5.41) is 1.39. The van der Waals surface area contributed by atoms with Crippen LogP contribution in [0, 0.1) is 6.92 Å². The van der Waals surface area contributed by atoms with Crippen molar-refractivity contribution in [1.29, 1.82) is 0 Å². The summed E-state index contributed by atoms with van der Waals surface area (Å²) in [5.41, 5.74) is 2.06. The van der Waals surface area contributed by atoms with E-state index in [1.54, 1.807) is 60.7 Å². The normalized spacial score (nSPS) is 17.9. The largest absolute Gasteiger partial charge is 0.497 e. The van der Waals surface area contributed by atoms with Crippen LogP contribution >= 0.6 is 11.8 Å². The Hall–Kier alpha value is -3.43. The molecule has 3 aromatic rings. The van der Waals surface area contributed by atoms with Gasteiger partial charge in [-0.2, -0.15) is 0 Å². The SMILES string of the molecule is COc1ccc(C(=O)c2cccc(CC3(S(=O)(=O)c4ccc(C)cc4)SC(=O)NC3=O)c2)cc1. The van der Waals surface area contributed by atoms with Gasteiger partial charge in [0.2, 0.25) is 13.9 Å². The van der Waals surface area contributed by atoms with Crippen molar-refractivity contribution < 1.29 is 27.5 Å². The van der Waals surface area contributed by atoms with E-state index in [-0.39, 0.29) is 17.1 Å². The van der Waals surface area contributed by atoms with Gasteiger partial charge in [-0.1, -0.05) is 35.9 Å². The highest BCUT2D eigenvalue weighted by Gasteiger charge is 2.58. The maximum absolute atomic E-state index is 13.6. The topological polar surface area (TPSA) is 107 Å². The Bertz CT molecular complexity index is 1380. The second-order valence-electron chi connectivity index (χ2n) is 7.85. The summed E-state index contributed by atoms with van der Waals surface area (Å²) in [6.07, 6.45) is -0.283. The molecule has 9 heteroatoms. The van der Waals surface area contributed by atoms with Crippen LogP contribution in [-0.2, 0) is 21.1 Å². The summed E-state index contributed by atoms with van der Waals surface area (Å²) in [7, 11) is -2.73. The van der Waals surface area contributed by atoms with E-state index in [1.807, 2.05) is 6.92 Å². The molecule has 7 nitrogen and oxygen atoms in total. The number of methoxy groups -OCH3 is 1. The van der Waals surface area contributed by atoms with Gasteiger partial charge >= 0.3 is 0 Å². The van der Waals surface area contributed by atoms with Crippen LogP contribution in [0.2, 0.25) is 0 Å². The molecule has 1 heterocycles. The van der Waals surface area contributed by atoms with Crippen molar-refractivity contribution in [2.45, 2.75) is 22.3 Å². The van der Waals surface area contributed by atoms with Crippen LogP contribution in [-0.4, -0.2) is 36.5 Å². The number of ketones is 1. The van der Waals surface area contributed by atoms with Crippen molar-refractivity contribution in [2.75, 3.05) is 7.11 Å². The average Bonchev–Trinajstić information content (AvgIpc) is 3.13. The molecule has 2 amide bonds. The molecule has 174 valence electrons. The van der Waals surface area contributed by atoms with Crippen molar-refractivity contribution >= 4 is 38.5 Å². The third-order valence-corrected chi connectivity index (χ3v) is 9.51. The number of hydrogen-bond acceptors (Lipinski definition) is 7. The van der Waals surface area contributed by atoms with Gasteiger partial charge in [-0.15, -0.1) is 0 Å². The number of thioether (sulfide) groups is 1. The first-order chi connectivity index (χ1) is 16.2. The van der Waals surface area contributed by atoms with Crippen LogP contribution in [0.15, 0.2) is 77.7 Å². The highest BCUT2D eigenvalue weighted by Crippen LogP contribution is 2.43. The van der Waals surface area contributed by atoms with E-state index in [9.17, 15) is 22.8 Å². The molecule has 3 aromatic carbocycles. The minimum Gasteiger partial charge on any atom is -0.497 e. The number of carbonyl (C=O) groups is 3. The van der Waals surface area contributed by atoms with Crippen LogP contribution in [0.25, 0.3) is 0 Å². The molecule has 34 heavy (non-hydrogen) atoms. The summed E-state index contributed by atoms with van der Waals surface area (Å²) in [4.78, 5) is 37.9. The summed E-state index contributed by atoms with van der Waals surface area (Å²) in [6, 6.07) is 19.1. The Morgan fingerprint density at radius 3 is 2.24 bits per heavy atom. The number of carbonyl (C=O) groups excluding carboxylic acids is 3. The molecule has 0 saturated carbocycles. The number of amides is 2. The molecule has 1 saturated heterocycles. The Balaban J connectivity index is 1.72. The van der Waals surface area contributed by atoms with Gasteiger partial charge in [-0.25, -0.2) is 8.42 Å². The molecule has 0 bridgehead atoms. The van der Waals surface area contributed by atoms with Gasteiger partial charge in [0.1, 0.15) is 5.75 Å². The Morgan fingerprint density at radius 2 is 1.65 bits per heavy atom. The average molecular weight is 496 g/mol. The molecule has 1 fully saturated rings. The monoisotopic (exact) mass is 495 g/mol. The summed E-state index contributed by atoms with van der Waals surface area (Å²) >= 11 is 0.450. The van der Waals surface area contributed by atoms with Crippen LogP contribution in [0.5, 0.6) is 5.75 Å². The van der Waals surface area contributed by atoms with E-state index in [4.69, 9.17) is 4.74 Å². The number of benzene rings is 3. The Kier molecular flexibility index (Phi) is 6.33. The van der Waals surface area contributed by atoms with Crippen molar-refractivity contribution in [3.63, 3.8) is 0 Å². The summed E-state index contributed by atoms with van der Waals surface area (Å²) < 4.78 is 30.3. The highest BCUT2D eigenvalue weighted by molar-refractivity contribution is 8.25. The molecule has 1 aliphatic heterocycles. The first-order valence-corrected chi connectivity index (χ1v) is 12.6. The van der Waals surface area contributed by atoms with Crippen molar-refractivity contribution in [2.24, 2.45) is 0 Å². The maximum Gasteiger partial charge on any atom is 0.287 e. The Labute approximate surface area is 201 Å². The van der Waals surface area contributed by atoms with Crippen LogP contribution in [0.3, 0.4) is 0 Å². The lowest BCUT2D eigenvalue weighted by atomic mass is 9.99. The number of aryl methyl sites for hydroxylation is 1. The van der Waals surface area contributed by atoms with Gasteiger partial charge in [0.15, 0.2) is 5.78 Å². The minimum absolute atomic E-state index is 0.0547. The molecule has 0 radical (unpaired) electrons. The lowest BCUT2D eigenvalue weighted by Crippen LogP contribution is -2.45. The summed E-state index contributed by atoms with van der Waals surface area (Å²) in [5.74, 6) is -0.544. The van der Waals surface area contributed by atoms with Crippen LogP contribution in [0.4, 0.5) is 4.79 Å². The molecular weight excluding hydrogens is 474 g/mol.